The monoisotopic (exact) mass is 836 g/mol. The van der Waals surface area contributed by atoms with Crippen molar-refractivity contribution in [1.82, 2.24) is 19.9 Å². The average molecular weight is 837 g/mol. The number of rotatable bonds is 8. The van der Waals surface area contributed by atoms with E-state index >= 15 is 0 Å². The summed E-state index contributed by atoms with van der Waals surface area (Å²) in [5.74, 6) is 2.91. The van der Waals surface area contributed by atoms with Crippen molar-refractivity contribution in [2.24, 2.45) is 0 Å². The molecule has 2 aromatic carbocycles. The van der Waals surface area contributed by atoms with Crippen LogP contribution in [0.25, 0.3) is 11.1 Å². The van der Waals surface area contributed by atoms with Gasteiger partial charge in [-0.25, -0.2) is 19.9 Å². The van der Waals surface area contributed by atoms with Gasteiger partial charge in [-0.15, -0.1) is 0 Å². The number of aryl methyl sites for hydroxylation is 2. The molecule has 264 valence electrons. The number of nitrogens with zero attached hydrogens (tertiary/aromatic N) is 6. The molecule has 0 radical (unpaired) electrons. The van der Waals surface area contributed by atoms with Crippen molar-refractivity contribution in [2.45, 2.75) is 77.3 Å². The fraction of sp³-hybridized carbons (Fsp3) is 0.375. The molecule has 0 atom stereocenters. The van der Waals surface area contributed by atoms with Crippen LogP contribution in [0.2, 0.25) is 10.3 Å². The molecule has 4 aromatic rings. The quantitative estimate of drug-likeness (QED) is 0.0464. The molecule has 6 rings (SSSR count). The Labute approximate surface area is 313 Å². The first kappa shape index (κ1) is 39.1. The van der Waals surface area contributed by atoms with Gasteiger partial charge in [0.1, 0.15) is 33.6 Å². The van der Waals surface area contributed by atoms with Crippen LogP contribution >= 0.6 is 45.8 Å². The molecule has 2 heterocycles. The highest BCUT2D eigenvalue weighted by Gasteiger charge is 2.21. The van der Waals surface area contributed by atoms with Gasteiger partial charge in [-0.05, 0) is 85.3 Å². The first-order chi connectivity index (χ1) is 23.8. The summed E-state index contributed by atoms with van der Waals surface area (Å²) in [4.78, 5) is 37.2. The second-order valence-electron chi connectivity index (χ2n) is 11.8. The minimum absolute atomic E-state index is 0.0446. The Balaban J connectivity index is 0.000000180. The molecule has 0 spiro atoms. The maximum Gasteiger partial charge on any atom is 0.488 e. The minimum atomic E-state index is -1.58. The fourth-order valence-corrected chi connectivity index (χ4v) is 6.49. The lowest BCUT2D eigenvalue weighted by Crippen LogP contribution is -2.29. The van der Waals surface area contributed by atoms with Gasteiger partial charge in [-0.2, -0.15) is 0 Å². The number of nitro groups is 2. The molecule has 50 heavy (non-hydrogen) atoms. The second-order valence-corrected chi connectivity index (χ2v) is 13.6. The summed E-state index contributed by atoms with van der Waals surface area (Å²) in [6, 6.07) is 12.3. The van der Waals surface area contributed by atoms with Gasteiger partial charge in [-0.3, -0.25) is 20.2 Å². The third-order valence-corrected chi connectivity index (χ3v) is 9.95. The summed E-state index contributed by atoms with van der Waals surface area (Å²) in [7, 11) is -1.58. The zero-order valence-corrected chi connectivity index (χ0v) is 31.0. The largest absolute Gasteiger partial charge is 0.488 e. The summed E-state index contributed by atoms with van der Waals surface area (Å²) in [5.41, 5.74) is 1.67. The number of benzene rings is 2. The number of nitro benzene ring substituents is 2. The highest BCUT2D eigenvalue weighted by Crippen LogP contribution is 2.35. The molecule has 2 aromatic heterocycles. The minimum Gasteiger partial charge on any atom is -0.423 e. The highest BCUT2D eigenvalue weighted by atomic mass is 127. The Morgan fingerprint density at radius 3 is 1.60 bits per heavy atom. The van der Waals surface area contributed by atoms with Crippen molar-refractivity contribution >= 4 is 81.4 Å². The second kappa shape index (κ2) is 18.5. The topological polar surface area (TPSA) is 202 Å². The van der Waals surface area contributed by atoms with E-state index in [1.165, 1.54) is 74.9 Å². The van der Waals surface area contributed by atoms with Crippen molar-refractivity contribution in [1.29, 1.82) is 0 Å². The van der Waals surface area contributed by atoms with E-state index in [0.717, 1.165) is 33.6 Å². The van der Waals surface area contributed by atoms with Gasteiger partial charge in [0.05, 0.1) is 19.0 Å². The Morgan fingerprint density at radius 1 is 0.720 bits per heavy atom. The van der Waals surface area contributed by atoms with Crippen molar-refractivity contribution in [3.63, 3.8) is 0 Å². The molecule has 4 N–H and O–H groups in total. The molecule has 0 aliphatic heterocycles. The van der Waals surface area contributed by atoms with Crippen molar-refractivity contribution in [3.05, 3.63) is 94.3 Å². The van der Waals surface area contributed by atoms with Crippen LogP contribution in [0.3, 0.4) is 0 Å². The lowest BCUT2D eigenvalue weighted by atomic mass is 9.80. The van der Waals surface area contributed by atoms with Gasteiger partial charge in [-0.1, -0.05) is 61.0 Å². The van der Waals surface area contributed by atoms with Crippen molar-refractivity contribution < 1.29 is 19.9 Å². The third-order valence-electron chi connectivity index (χ3n) is 8.06. The van der Waals surface area contributed by atoms with Crippen LogP contribution < -0.4 is 16.1 Å². The summed E-state index contributed by atoms with van der Waals surface area (Å²) < 4.78 is 0.923. The molecule has 18 heteroatoms. The molecule has 2 aliphatic carbocycles. The third kappa shape index (κ3) is 11.1. The number of aromatic nitrogens is 4. The standard InChI is InChI=1S/C16H17ClN4O2.C10H13ClIN3.C6H6BNO4/c1-10-18-15(17)14(11-6-8-13(9-7-11)21(22)23)16(19-10)20-12-4-2-3-5-12;1-6-13-9(11)8(12)10(14-6)15-7-4-2-3-5-7;9-7(10)5-1-3-6(4-2-5)8(11)12/h6-9,12H,2-5H2,1H3,(H,18,19,20);7H,2-5H2,1H3,(H,13,14,15);1-4,9-10H. The smallest absolute Gasteiger partial charge is 0.423 e. The molecule has 0 unspecified atom stereocenters. The summed E-state index contributed by atoms with van der Waals surface area (Å²) in [6.07, 6.45) is 9.73. The molecule has 0 amide bonds. The predicted molar refractivity (Wildman–Crippen MR) is 203 cm³/mol. The van der Waals surface area contributed by atoms with Crippen LogP contribution in [0.4, 0.5) is 23.0 Å². The lowest BCUT2D eigenvalue weighted by Gasteiger charge is -2.17. The summed E-state index contributed by atoms with van der Waals surface area (Å²) in [5, 5.41) is 46.0. The Kier molecular flexibility index (Phi) is 14.5. The number of halogens is 3. The van der Waals surface area contributed by atoms with E-state index in [0.29, 0.717) is 39.6 Å². The zero-order chi connectivity index (χ0) is 36.4. The highest BCUT2D eigenvalue weighted by molar-refractivity contribution is 14.1. The van der Waals surface area contributed by atoms with E-state index in [9.17, 15) is 20.2 Å². The molecular weight excluding hydrogens is 801 g/mol. The number of hydrogen-bond acceptors (Lipinski definition) is 12. The zero-order valence-electron chi connectivity index (χ0n) is 27.4. The van der Waals surface area contributed by atoms with Crippen LogP contribution in [0.5, 0.6) is 0 Å². The summed E-state index contributed by atoms with van der Waals surface area (Å²) in [6.45, 7) is 3.66. The maximum absolute atomic E-state index is 10.8. The van der Waals surface area contributed by atoms with Crippen LogP contribution in [0, 0.1) is 37.6 Å². The Morgan fingerprint density at radius 2 is 1.14 bits per heavy atom. The van der Waals surface area contributed by atoms with Crippen LogP contribution in [0.1, 0.15) is 63.0 Å². The van der Waals surface area contributed by atoms with E-state index in [2.05, 4.69) is 53.2 Å². The van der Waals surface area contributed by atoms with Crippen LogP contribution in [-0.2, 0) is 0 Å². The molecule has 2 fully saturated rings. The van der Waals surface area contributed by atoms with Crippen LogP contribution in [0.15, 0.2) is 48.5 Å². The van der Waals surface area contributed by atoms with Gasteiger partial charge in [0.15, 0.2) is 0 Å². The fourth-order valence-electron chi connectivity index (χ4n) is 5.56. The van der Waals surface area contributed by atoms with Crippen LogP contribution in [-0.4, -0.2) is 59.0 Å². The molecule has 14 nitrogen and oxygen atoms in total. The average Bonchev–Trinajstić information content (AvgIpc) is 3.79. The van der Waals surface area contributed by atoms with Gasteiger partial charge in [0.25, 0.3) is 11.4 Å². The molecule has 2 aliphatic rings. The van der Waals surface area contributed by atoms with Gasteiger partial charge < -0.3 is 20.7 Å². The number of anilines is 2. The number of hydrogen-bond donors (Lipinski definition) is 4. The molecule has 0 saturated heterocycles. The van der Waals surface area contributed by atoms with E-state index in [4.69, 9.17) is 33.2 Å². The van der Waals surface area contributed by atoms with E-state index < -0.39 is 17.0 Å². The summed E-state index contributed by atoms with van der Waals surface area (Å²) >= 11 is 14.5. The van der Waals surface area contributed by atoms with Crippen molar-refractivity contribution in [2.75, 3.05) is 10.6 Å². The molecule has 2 saturated carbocycles. The van der Waals surface area contributed by atoms with E-state index in [-0.39, 0.29) is 16.8 Å². The first-order valence-corrected chi connectivity index (χ1v) is 17.8. The normalized spacial score (nSPS) is 14.2. The molecule has 0 bridgehead atoms. The SMILES string of the molecule is Cc1nc(Cl)c(-c2ccc([N+](=O)[O-])cc2)c(NC2CCCC2)n1.Cc1nc(Cl)c(I)c(NC2CCCC2)n1.O=[N+]([O-])c1ccc(B(O)O)cc1. The Hall–Kier alpha value is -3.71. The van der Waals surface area contributed by atoms with Crippen molar-refractivity contribution in [3.8, 4) is 11.1 Å². The molecular formula is C32H36BCl2IN8O6. The first-order valence-electron chi connectivity index (χ1n) is 15.9. The van der Waals surface area contributed by atoms with Gasteiger partial charge >= 0.3 is 7.12 Å². The van der Waals surface area contributed by atoms with Gasteiger partial charge in [0.2, 0.25) is 0 Å². The van der Waals surface area contributed by atoms with E-state index in [1.807, 2.05) is 6.92 Å². The van der Waals surface area contributed by atoms with E-state index in [1.54, 1.807) is 19.1 Å². The predicted octanol–water partition coefficient (Wildman–Crippen LogP) is 7.04. The maximum atomic E-state index is 10.8. The van der Waals surface area contributed by atoms with Gasteiger partial charge in [0, 0.05) is 36.3 Å². The number of nitrogens with one attached hydrogen (secondary N) is 2. The Bertz CT molecular complexity index is 1780. The lowest BCUT2D eigenvalue weighted by molar-refractivity contribution is -0.385. The number of non-ortho nitro benzene ring substituents is 2.